The Morgan fingerprint density at radius 1 is 0.920 bits per heavy atom. The van der Waals surface area contributed by atoms with E-state index >= 15 is 0 Å². The van der Waals surface area contributed by atoms with Crippen molar-refractivity contribution >= 4 is 10.0 Å². The third-order valence-electron chi connectivity index (χ3n) is 5.61. The van der Waals surface area contributed by atoms with Crippen LogP contribution >= 0.6 is 0 Å². The topological polar surface area (TPSA) is 64.4 Å². The highest BCUT2D eigenvalue weighted by molar-refractivity contribution is 7.89. The molecule has 2 rings (SSSR count). The minimum absolute atomic E-state index is 0.0324. The van der Waals surface area contributed by atoms with Crippen LogP contribution in [0, 0.1) is 51.9 Å². The quantitative estimate of drug-likeness (QED) is 0.825. The summed E-state index contributed by atoms with van der Waals surface area (Å²) >= 11 is 0. The van der Waals surface area contributed by atoms with Crippen LogP contribution in [-0.2, 0) is 10.0 Å². The first-order valence-electron chi connectivity index (χ1n) is 8.80. The molecule has 1 heterocycles. The highest BCUT2D eigenvalue weighted by atomic mass is 32.2. The van der Waals surface area contributed by atoms with E-state index in [0.29, 0.717) is 37.6 Å². The van der Waals surface area contributed by atoms with Crippen LogP contribution in [0.3, 0.4) is 0 Å². The van der Waals surface area contributed by atoms with Gasteiger partial charge < -0.3 is 0 Å². The number of piperazine rings is 1. The number of hydrogen-bond donors (Lipinski definition) is 0. The zero-order valence-corrected chi connectivity index (χ0v) is 17.0. The molecule has 1 fully saturated rings. The van der Waals surface area contributed by atoms with Gasteiger partial charge in [0.15, 0.2) is 0 Å². The van der Waals surface area contributed by atoms with E-state index in [4.69, 9.17) is 5.26 Å². The van der Waals surface area contributed by atoms with E-state index in [1.54, 1.807) is 4.31 Å². The summed E-state index contributed by atoms with van der Waals surface area (Å²) in [6.07, 6.45) is 0. The third-order valence-corrected chi connectivity index (χ3v) is 7.79. The Morgan fingerprint density at radius 3 is 1.80 bits per heavy atom. The maximum atomic E-state index is 13.3. The Balaban J connectivity index is 2.29. The van der Waals surface area contributed by atoms with Gasteiger partial charge in [-0.2, -0.15) is 9.57 Å². The van der Waals surface area contributed by atoms with E-state index in [1.807, 2.05) is 34.6 Å². The molecule has 0 saturated carbocycles. The Kier molecular flexibility index (Phi) is 5.93. The van der Waals surface area contributed by atoms with Crippen LogP contribution in [0.5, 0.6) is 0 Å². The fourth-order valence-corrected chi connectivity index (χ4v) is 5.54. The minimum Gasteiger partial charge on any atom is -0.299 e. The van der Waals surface area contributed by atoms with Crippen LogP contribution in [0.15, 0.2) is 4.90 Å². The normalized spacial score (nSPS) is 18.1. The van der Waals surface area contributed by atoms with Gasteiger partial charge in [-0.1, -0.05) is 0 Å². The second-order valence-corrected chi connectivity index (χ2v) is 9.06. The van der Waals surface area contributed by atoms with E-state index in [9.17, 15) is 8.42 Å². The second kappa shape index (κ2) is 7.45. The van der Waals surface area contributed by atoms with Crippen molar-refractivity contribution in [1.29, 1.82) is 5.26 Å². The van der Waals surface area contributed by atoms with Gasteiger partial charge in [0.05, 0.1) is 16.9 Å². The first-order valence-corrected chi connectivity index (χ1v) is 10.2. The molecular formula is C19H29N3O2S. The van der Waals surface area contributed by atoms with Crippen molar-refractivity contribution in [2.75, 3.05) is 32.7 Å². The average molecular weight is 364 g/mol. The SMILES string of the molecule is Cc1c(C)c(C)c(S(=O)(=O)N2CCN(C[C@H](C)C#N)CC2)c(C)c1C. The average Bonchev–Trinajstić information content (AvgIpc) is 2.58. The summed E-state index contributed by atoms with van der Waals surface area (Å²) in [6, 6.07) is 2.24. The zero-order chi connectivity index (χ0) is 18.9. The zero-order valence-electron chi connectivity index (χ0n) is 16.2. The molecule has 5 nitrogen and oxygen atoms in total. The summed E-state index contributed by atoms with van der Waals surface area (Å²) in [5.74, 6) is -0.0324. The van der Waals surface area contributed by atoms with Gasteiger partial charge in [-0.15, -0.1) is 0 Å². The van der Waals surface area contributed by atoms with Gasteiger partial charge in [-0.05, 0) is 69.4 Å². The summed E-state index contributed by atoms with van der Waals surface area (Å²) in [5.41, 5.74) is 5.01. The molecule has 6 heteroatoms. The third kappa shape index (κ3) is 3.74. The highest BCUT2D eigenvalue weighted by Gasteiger charge is 2.32. The Morgan fingerprint density at radius 2 is 1.36 bits per heavy atom. The predicted octanol–water partition coefficient (Wildman–Crippen LogP) is 2.69. The fourth-order valence-electron chi connectivity index (χ4n) is 3.56. The molecule has 138 valence electrons. The molecule has 1 aromatic carbocycles. The van der Waals surface area contributed by atoms with E-state index in [1.165, 1.54) is 5.56 Å². The van der Waals surface area contributed by atoms with Crippen molar-refractivity contribution < 1.29 is 8.42 Å². The molecule has 0 aliphatic carbocycles. The second-order valence-electron chi connectivity index (χ2n) is 7.19. The van der Waals surface area contributed by atoms with Gasteiger partial charge >= 0.3 is 0 Å². The van der Waals surface area contributed by atoms with Gasteiger partial charge in [0.25, 0.3) is 0 Å². The van der Waals surface area contributed by atoms with Crippen LogP contribution in [0.4, 0.5) is 0 Å². The molecule has 0 aromatic heterocycles. The molecule has 0 spiro atoms. The smallest absolute Gasteiger partial charge is 0.243 e. The fraction of sp³-hybridized carbons (Fsp3) is 0.632. The lowest BCUT2D eigenvalue weighted by Gasteiger charge is -2.35. The largest absolute Gasteiger partial charge is 0.299 e. The lowest BCUT2D eigenvalue weighted by Crippen LogP contribution is -2.49. The van der Waals surface area contributed by atoms with E-state index in [-0.39, 0.29) is 5.92 Å². The highest BCUT2D eigenvalue weighted by Crippen LogP contribution is 2.31. The molecule has 1 aromatic rings. The van der Waals surface area contributed by atoms with E-state index in [2.05, 4.69) is 17.9 Å². The van der Waals surface area contributed by atoms with E-state index < -0.39 is 10.0 Å². The standard InChI is InChI=1S/C19H29N3O2S/c1-13(11-20)12-21-7-9-22(10-8-21)25(23,24)19-17(5)15(3)14(2)16(4)18(19)6/h13H,7-10,12H2,1-6H3/t13-/m1/s1. The Hall–Kier alpha value is -1.42. The van der Waals surface area contributed by atoms with Crippen LogP contribution in [0.25, 0.3) is 0 Å². The van der Waals surface area contributed by atoms with Crippen LogP contribution in [-0.4, -0.2) is 50.3 Å². The molecule has 0 radical (unpaired) electrons. The van der Waals surface area contributed by atoms with Gasteiger partial charge in [0.2, 0.25) is 10.0 Å². The number of nitrogens with zero attached hydrogens (tertiary/aromatic N) is 3. The van der Waals surface area contributed by atoms with Gasteiger partial charge in [0.1, 0.15) is 0 Å². The Labute approximate surface area is 152 Å². The molecule has 0 amide bonds. The van der Waals surface area contributed by atoms with Crippen molar-refractivity contribution in [3.8, 4) is 6.07 Å². The number of sulfonamides is 1. The van der Waals surface area contributed by atoms with E-state index in [0.717, 1.165) is 22.3 Å². The van der Waals surface area contributed by atoms with Crippen LogP contribution in [0.2, 0.25) is 0 Å². The molecular weight excluding hydrogens is 334 g/mol. The van der Waals surface area contributed by atoms with Gasteiger partial charge in [-0.3, -0.25) is 4.90 Å². The van der Waals surface area contributed by atoms with Gasteiger partial charge in [0, 0.05) is 32.7 Å². The molecule has 1 saturated heterocycles. The predicted molar refractivity (Wildman–Crippen MR) is 100 cm³/mol. The number of hydrogen-bond acceptors (Lipinski definition) is 4. The lowest BCUT2D eigenvalue weighted by molar-refractivity contribution is 0.178. The summed E-state index contributed by atoms with van der Waals surface area (Å²) in [5, 5.41) is 8.95. The monoisotopic (exact) mass is 363 g/mol. The summed E-state index contributed by atoms with van der Waals surface area (Å²) in [6.45, 7) is 14.8. The number of benzene rings is 1. The first kappa shape index (κ1) is 19.9. The lowest BCUT2D eigenvalue weighted by atomic mass is 9.95. The molecule has 0 unspecified atom stereocenters. The Bertz CT molecular complexity index is 772. The summed E-state index contributed by atoms with van der Waals surface area (Å²) in [7, 11) is -3.50. The molecule has 25 heavy (non-hydrogen) atoms. The maximum absolute atomic E-state index is 13.3. The summed E-state index contributed by atoms with van der Waals surface area (Å²) in [4.78, 5) is 2.65. The maximum Gasteiger partial charge on any atom is 0.243 e. The first-order chi connectivity index (χ1) is 11.6. The van der Waals surface area contributed by atoms with Crippen LogP contribution < -0.4 is 0 Å². The molecule has 0 bridgehead atoms. The molecule has 1 aliphatic heterocycles. The van der Waals surface area contributed by atoms with Crippen molar-refractivity contribution in [1.82, 2.24) is 9.21 Å². The molecule has 1 atom stereocenters. The van der Waals surface area contributed by atoms with Crippen molar-refractivity contribution in [3.63, 3.8) is 0 Å². The van der Waals surface area contributed by atoms with Crippen molar-refractivity contribution in [3.05, 3.63) is 27.8 Å². The van der Waals surface area contributed by atoms with Crippen molar-refractivity contribution in [2.45, 2.75) is 46.4 Å². The van der Waals surface area contributed by atoms with Crippen molar-refractivity contribution in [2.24, 2.45) is 5.92 Å². The number of rotatable bonds is 4. The summed E-state index contributed by atoms with van der Waals surface area (Å²) < 4.78 is 28.2. The minimum atomic E-state index is -3.50. The molecule has 1 aliphatic rings. The number of nitriles is 1. The molecule has 0 N–H and O–H groups in total. The van der Waals surface area contributed by atoms with Gasteiger partial charge in [-0.25, -0.2) is 8.42 Å². The van der Waals surface area contributed by atoms with Crippen LogP contribution in [0.1, 0.15) is 34.7 Å².